The summed E-state index contributed by atoms with van der Waals surface area (Å²) in [4.78, 5) is 15.6. The first kappa shape index (κ1) is 13.0. The lowest BCUT2D eigenvalue weighted by atomic mass is 10.2. The molecule has 0 bridgehead atoms. The van der Waals surface area contributed by atoms with Crippen LogP contribution < -0.4 is 16.0 Å². The Bertz CT molecular complexity index is 392. The Kier molecular flexibility index (Phi) is 5.31. The first-order valence-corrected chi connectivity index (χ1v) is 6.28. The summed E-state index contributed by atoms with van der Waals surface area (Å²) >= 11 is 3.37. The summed E-state index contributed by atoms with van der Waals surface area (Å²) in [5, 5.41) is 0.985. The number of unbranched alkanes of at least 4 members (excludes halogenated alkanes) is 2. The number of hydrogen-bond acceptors (Lipinski definition) is 4. The second-order valence-electron chi connectivity index (χ2n) is 3.41. The van der Waals surface area contributed by atoms with E-state index >= 15 is 0 Å². The van der Waals surface area contributed by atoms with E-state index in [9.17, 15) is 4.79 Å². The first-order valence-electron chi connectivity index (χ1n) is 5.16. The molecule has 2 N–H and O–H groups in total. The van der Waals surface area contributed by atoms with Crippen molar-refractivity contribution in [1.29, 1.82) is 0 Å². The summed E-state index contributed by atoms with van der Waals surface area (Å²) in [6.45, 7) is 0.613. The standard InChI is InChI=1S/C10H16BrN3O2/c1-16-10-13-8(12)7-9(15)14(10)6-4-2-3-5-11/h7H,2-6,12H2,1H3. The van der Waals surface area contributed by atoms with Crippen LogP contribution in [0.2, 0.25) is 0 Å². The van der Waals surface area contributed by atoms with Crippen molar-refractivity contribution in [1.82, 2.24) is 9.55 Å². The first-order chi connectivity index (χ1) is 7.69. The van der Waals surface area contributed by atoms with Crippen molar-refractivity contribution in [2.24, 2.45) is 0 Å². The Balaban J connectivity index is 2.74. The highest BCUT2D eigenvalue weighted by molar-refractivity contribution is 9.09. The second kappa shape index (κ2) is 6.52. The smallest absolute Gasteiger partial charge is 0.300 e. The van der Waals surface area contributed by atoms with Crippen LogP contribution in [0.5, 0.6) is 6.01 Å². The van der Waals surface area contributed by atoms with Crippen molar-refractivity contribution >= 4 is 21.7 Å². The minimum Gasteiger partial charge on any atom is -0.468 e. The van der Waals surface area contributed by atoms with Crippen molar-refractivity contribution in [2.45, 2.75) is 25.8 Å². The lowest BCUT2D eigenvalue weighted by Crippen LogP contribution is -2.23. The Morgan fingerprint density at radius 1 is 1.50 bits per heavy atom. The van der Waals surface area contributed by atoms with Gasteiger partial charge >= 0.3 is 6.01 Å². The van der Waals surface area contributed by atoms with Gasteiger partial charge in [-0.05, 0) is 12.8 Å². The summed E-state index contributed by atoms with van der Waals surface area (Å²) in [6.07, 6.45) is 3.08. The summed E-state index contributed by atoms with van der Waals surface area (Å²) < 4.78 is 6.53. The van der Waals surface area contributed by atoms with Crippen molar-refractivity contribution in [2.75, 3.05) is 18.2 Å². The van der Waals surface area contributed by atoms with Crippen LogP contribution in [-0.4, -0.2) is 22.0 Å². The molecule has 0 aliphatic carbocycles. The van der Waals surface area contributed by atoms with Gasteiger partial charge in [0.15, 0.2) is 0 Å². The SMILES string of the molecule is COc1nc(N)cc(=O)n1CCCCCBr. The van der Waals surface area contributed by atoms with Crippen molar-refractivity contribution in [3.8, 4) is 6.01 Å². The number of ether oxygens (including phenoxy) is 1. The molecule has 0 unspecified atom stereocenters. The molecule has 0 spiro atoms. The molecular formula is C10H16BrN3O2. The van der Waals surface area contributed by atoms with Gasteiger partial charge in [0.25, 0.3) is 5.56 Å². The lowest BCUT2D eigenvalue weighted by Gasteiger charge is -2.10. The largest absolute Gasteiger partial charge is 0.468 e. The van der Waals surface area contributed by atoms with Crippen LogP contribution in [0.4, 0.5) is 5.82 Å². The number of rotatable bonds is 6. The van der Waals surface area contributed by atoms with Gasteiger partial charge in [-0.25, -0.2) is 0 Å². The van der Waals surface area contributed by atoms with Crippen LogP contribution in [0.3, 0.4) is 0 Å². The molecule has 0 fully saturated rings. The number of anilines is 1. The van der Waals surface area contributed by atoms with Crippen molar-refractivity contribution in [3.63, 3.8) is 0 Å². The normalized spacial score (nSPS) is 10.4. The number of alkyl halides is 1. The zero-order chi connectivity index (χ0) is 12.0. The number of nitrogen functional groups attached to an aromatic ring is 1. The molecule has 0 saturated heterocycles. The minimum atomic E-state index is -0.164. The molecule has 1 heterocycles. The summed E-state index contributed by atoms with van der Waals surface area (Å²) in [7, 11) is 1.48. The number of aromatic nitrogens is 2. The van der Waals surface area contributed by atoms with Gasteiger partial charge in [0, 0.05) is 17.9 Å². The highest BCUT2D eigenvalue weighted by Gasteiger charge is 2.06. The van der Waals surface area contributed by atoms with Crippen LogP contribution in [0, 0.1) is 0 Å². The minimum absolute atomic E-state index is 0.164. The third kappa shape index (κ3) is 3.52. The van der Waals surface area contributed by atoms with E-state index < -0.39 is 0 Å². The fourth-order valence-electron chi connectivity index (χ4n) is 1.40. The van der Waals surface area contributed by atoms with Gasteiger partial charge in [-0.1, -0.05) is 22.4 Å². The van der Waals surface area contributed by atoms with Gasteiger partial charge in [-0.3, -0.25) is 9.36 Å². The fraction of sp³-hybridized carbons (Fsp3) is 0.600. The topological polar surface area (TPSA) is 70.1 Å². The van der Waals surface area contributed by atoms with E-state index in [1.54, 1.807) is 0 Å². The summed E-state index contributed by atoms with van der Waals surface area (Å²) in [5.74, 6) is 0.193. The molecule has 0 aliphatic rings. The van der Waals surface area contributed by atoms with E-state index in [1.807, 2.05) is 0 Å². The molecule has 1 aromatic rings. The Hall–Kier alpha value is -1.04. The highest BCUT2D eigenvalue weighted by Crippen LogP contribution is 2.08. The molecular weight excluding hydrogens is 274 g/mol. The average Bonchev–Trinajstić information content (AvgIpc) is 2.26. The van der Waals surface area contributed by atoms with E-state index in [-0.39, 0.29) is 17.4 Å². The number of nitrogens with zero attached hydrogens (tertiary/aromatic N) is 2. The van der Waals surface area contributed by atoms with Gasteiger partial charge in [-0.15, -0.1) is 0 Å². The van der Waals surface area contributed by atoms with E-state index in [4.69, 9.17) is 10.5 Å². The molecule has 16 heavy (non-hydrogen) atoms. The monoisotopic (exact) mass is 289 g/mol. The third-order valence-electron chi connectivity index (χ3n) is 2.19. The molecule has 0 aliphatic heterocycles. The van der Waals surface area contributed by atoms with Crippen LogP contribution in [0.25, 0.3) is 0 Å². The Morgan fingerprint density at radius 2 is 2.25 bits per heavy atom. The zero-order valence-electron chi connectivity index (χ0n) is 9.28. The number of methoxy groups -OCH3 is 1. The maximum Gasteiger partial charge on any atom is 0.300 e. The van der Waals surface area contributed by atoms with Crippen LogP contribution >= 0.6 is 15.9 Å². The Labute approximate surface area is 103 Å². The molecule has 6 heteroatoms. The van der Waals surface area contributed by atoms with Crippen molar-refractivity contribution in [3.05, 3.63) is 16.4 Å². The Morgan fingerprint density at radius 3 is 2.88 bits per heavy atom. The molecule has 5 nitrogen and oxygen atoms in total. The second-order valence-corrected chi connectivity index (χ2v) is 4.20. The van der Waals surface area contributed by atoms with E-state index in [1.165, 1.54) is 17.7 Å². The van der Waals surface area contributed by atoms with Gasteiger partial charge in [0.1, 0.15) is 5.82 Å². The van der Waals surface area contributed by atoms with Gasteiger partial charge in [-0.2, -0.15) is 4.98 Å². The van der Waals surface area contributed by atoms with E-state index in [0.717, 1.165) is 24.6 Å². The van der Waals surface area contributed by atoms with Gasteiger partial charge in [0.2, 0.25) is 0 Å². The quantitative estimate of drug-likeness (QED) is 0.635. The molecule has 0 saturated carbocycles. The molecule has 1 rings (SSSR count). The number of hydrogen-bond donors (Lipinski definition) is 1. The number of nitrogens with two attached hydrogens (primary N) is 1. The summed E-state index contributed by atoms with van der Waals surface area (Å²) in [5.41, 5.74) is 5.31. The fourth-order valence-corrected chi connectivity index (χ4v) is 1.80. The lowest BCUT2D eigenvalue weighted by molar-refractivity contribution is 0.343. The van der Waals surface area contributed by atoms with Crippen LogP contribution in [0.15, 0.2) is 10.9 Å². The number of halogens is 1. The molecule has 0 radical (unpaired) electrons. The predicted molar refractivity (Wildman–Crippen MR) is 67.1 cm³/mol. The molecule has 1 aromatic heterocycles. The molecule has 0 amide bonds. The maximum atomic E-state index is 11.6. The average molecular weight is 290 g/mol. The highest BCUT2D eigenvalue weighted by atomic mass is 79.9. The van der Waals surface area contributed by atoms with E-state index in [2.05, 4.69) is 20.9 Å². The molecule has 90 valence electrons. The zero-order valence-corrected chi connectivity index (χ0v) is 10.9. The van der Waals surface area contributed by atoms with Crippen molar-refractivity contribution < 1.29 is 4.74 Å². The predicted octanol–water partition coefficient (Wildman–Crippen LogP) is 1.40. The van der Waals surface area contributed by atoms with E-state index in [0.29, 0.717) is 6.54 Å². The van der Waals surface area contributed by atoms with Crippen LogP contribution in [0.1, 0.15) is 19.3 Å². The molecule has 0 aromatic carbocycles. The molecule has 0 atom stereocenters. The third-order valence-corrected chi connectivity index (χ3v) is 2.75. The summed E-state index contributed by atoms with van der Waals surface area (Å²) in [6, 6.07) is 1.59. The maximum absolute atomic E-state index is 11.6. The van der Waals surface area contributed by atoms with Gasteiger partial charge < -0.3 is 10.5 Å². The van der Waals surface area contributed by atoms with Crippen LogP contribution in [-0.2, 0) is 6.54 Å². The van der Waals surface area contributed by atoms with Gasteiger partial charge in [0.05, 0.1) is 7.11 Å².